The number of rotatable bonds is 4. The number of aliphatic hydroxyl groups is 1. The van der Waals surface area contributed by atoms with Crippen LogP contribution in [0, 0.1) is 0 Å². The van der Waals surface area contributed by atoms with Crippen molar-refractivity contribution in [1.82, 2.24) is 19.7 Å². The van der Waals surface area contributed by atoms with Crippen LogP contribution in [0.15, 0.2) is 47.3 Å². The number of carbonyl (C=O) groups excluding carboxylic acids is 1. The number of hydrogen-bond donors (Lipinski definition) is 3. The third kappa shape index (κ3) is 3.87. The first-order valence-corrected chi connectivity index (χ1v) is 9.86. The molecule has 1 aliphatic rings. The highest BCUT2D eigenvalue weighted by molar-refractivity contribution is 7.59. The van der Waals surface area contributed by atoms with E-state index >= 15 is 0 Å². The number of nitrogens with one attached hydrogen (secondary N) is 1. The molecule has 0 aliphatic carbocycles. The minimum absolute atomic E-state index is 0. The molecule has 0 spiro atoms. The first-order valence-electron chi connectivity index (χ1n) is 9.86. The molecule has 1 aromatic carbocycles. The van der Waals surface area contributed by atoms with Gasteiger partial charge in [0.25, 0.3) is 5.91 Å². The van der Waals surface area contributed by atoms with Crippen molar-refractivity contribution in [3.63, 3.8) is 0 Å². The van der Waals surface area contributed by atoms with Crippen LogP contribution in [0.2, 0.25) is 0 Å². The van der Waals surface area contributed by atoms with E-state index in [1.165, 1.54) is 6.26 Å². The van der Waals surface area contributed by atoms with Gasteiger partial charge < -0.3 is 25.5 Å². The Labute approximate surface area is 190 Å². The van der Waals surface area contributed by atoms with Crippen molar-refractivity contribution in [2.75, 3.05) is 29.0 Å². The summed E-state index contributed by atoms with van der Waals surface area (Å²) >= 11 is 0. The van der Waals surface area contributed by atoms with Crippen molar-refractivity contribution in [2.24, 2.45) is 7.05 Å². The van der Waals surface area contributed by atoms with Crippen LogP contribution in [0.25, 0.3) is 22.4 Å². The van der Waals surface area contributed by atoms with Crippen molar-refractivity contribution in [3.8, 4) is 11.5 Å². The summed E-state index contributed by atoms with van der Waals surface area (Å²) < 4.78 is 7.20. The number of hydrogen-bond acceptors (Lipinski definition) is 8. The molecule has 11 heteroatoms. The fourth-order valence-corrected chi connectivity index (χ4v) is 3.80. The van der Waals surface area contributed by atoms with E-state index in [0.717, 1.165) is 16.6 Å². The molecule has 4 N–H and O–H groups in total. The zero-order valence-electron chi connectivity index (χ0n) is 17.3. The summed E-state index contributed by atoms with van der Waals surface area (Å²) in [6.07, 6.45) is 4.92. The highest BCUT2D eigenvalue weighted by atomic mass is 32.1. The number of anilines is 3. The van der Waals surface area contributed by atoms with E-state index in [4.69, 9.17) is 10.2 Å². The number of β-amino-alcohol motifs (C(OH)–C–C–N with tert-alkyl or cyclic N) is 1. The third-order valence-electron chi connectivity index (χ3n) is 5.42. The van der Waals surface area contributed by atoms with Crippen LogP contribution in [-0.2, 0) is 7.05 Å². The lowest BCUT2D eigenvalue weighted by molar-refractivity contribution is 0.102. The van der Waals surface area contributed by atoms with Crippen molar-refractivity contribution in [3.05, 3.63) is 48.6 Å². The summed E-state index contributed by atoms with van der Waals surface area (Å²) in [5.41, 5.74) is 8.83. The number of aliphatic hydroxyl groups excluding tert-OH is 1. The Kier molecular flexibility index (Phi) is 5.76. The van der Waals surface area contributed by atoms with Gasteiger partial charge in [-0.15, -0.1) is 0 Å². The van der Waals surface area contributed by atoms with Gasteiger partial charge in [-0.3, -0.25) is 9.48 Å². The molecule has 4 aromatic rings. The molecule has 0 saturated carbocycles. The normalized spacial score (nSPS) is 15.7. The predicted octanol–water partition coefficient (Wildman–Crippen LogP) is 2.14. The van der Waals surface area contributed by atoms with E-state index in [1.807, 2.05) is 19.2 Å². The Balaban J connectivity index is 0.00000245. The van der Waals surface area contributed by atoms with E-state index in [9.17, 15) is 9.90 Å². The Morgan fingerprint density at radius 2 is 2.22 bits per heavy atom. The highest BCUT2D eigenvalue weighted by Gasteiger charge is 2.25. The Morgan fingerprint density at radius 3 is 2.97 bits per heavy atom. The highest BCUT2D eigenvalue weighted by Crippen LogP contribution is 2.34. The molecule has 0 bridgehead atoms. The molecule has 10 nitrogen and oxygen atoms in total. The summed E-state index contributed by atoms with van der Waals surface area (Å²) in [6, 6.07) is 7.29. The Bertz CT molecular complexity index is 1290. The van der Waals surface area contributed by atoms with Gasteiger partial charge in [-0.2, -0.15) is 18.6 Å². The maximum Gasteiger partial charge on any atom is 0.277 e. The molecular weight excluding hydrogens is 430 g/mol. The second-order valence-corrected chi connectivity index (χ2v) is 7.51. The number of oxazole rings is 1. The lowest BCUT2D eigenvalue weighted by atomic mass is 10.1. The molecule has 5 rings (SSSR count). The van der Waals surface area contributed by atoms with Gasteiger partial charge in [0, 0.05) is 31.7 Å². The number of aryl methyl sites for hydroxylation is 1. The van der Waals surface area contributed by atoms with Crippen LogP contribution in [0.4, 0.5) is 17.2 Å². The van der Waals surface area contributed by atoms with Crippen LogP contribution in [0.3, 0.4) is 0 Å². The molecule has 1 fully saturated rings. The largest absolute Gasteiger partial charge is 0.443 e. The topological polar surface area (TPSA) is 135 Å². The summed E-state index contributed by atoms with van der Waals surface area (Å²) in [5, 5.41) is 18.2. The smallest absolute Gasteiger partial charge is 0.277 e. The van der Waals surface area contributed by atoms with Crippen LogP contribution in [0.5, 0.6) is 0 Å². The van der Waals surface area contributed by atoms with Gasteiger partial charge in [0.2, 0.25) is 5.89 Å². The van der Waals surface area contributed by atoms with Crippen LogP contribution >= 0.6 is 13.5 Å². The standard InChI is InChI=1S/C21H21N7O3.H2S/c1-27-17-8-15(18(7-12(17)9-24-27)28-6-4-13(29)10-28)25-20(30)16-11-31-21(26-16)14-3-2-5-23-19(14)22;/h2-3,5,7-9,11,13,29H,4,6,10H2,1H3,(H2,22,23)(H,25,30);1H2/t13-;/m0./s1. The first-order chi connectivity index (χ1) is 15.0. The average Bonchev–Trinajstić information content (AvgIpc) is 3.49. The van der Waals surface area contributed by atoms with Crippen molar-refractivity contribution >= 4 is 47.5 Å². The van der Waals surface area contributed by atoms with Crippen LogP contribution < -0.4 is 16.0 Å². The number of nitrogens with two attached hydrogens (primary N) is 1. The van der Waals surface area contributed by atoms with E-state index in [-0.39, 0.29) is 30.9 Å². The zero-order valence-corrected chi connectivity index (χ0v) is 18.3. The second kappa shape index (κ2) is 8.52. The fourth-order valence-electron chi connectivity index (χ4n) is 3.80. The number of pyridine rings is 1. The number of benzene rings is 1. The van der Waals surface area contributed by atoms with Gasteiger partial charge in [-0.05, 0) is 30.7 Å². The minimum Gasteiger partial charge on any atom is -0.443 e. The van der Waals surface area contributed by atoms with Gasteiger partial charge >= 0.3 is 0 Å². The number of amides is 1. The molecule has 3 aromatic heterocycles. The molecule has 4 heterocycles. The first kappa shape index (κ1) is 21.7. The fraction of sp³-hybridized carbons (Fsp3) is 0.238. The van der Waals surface area contributed by atoms with Gasteiger partial charge in [0.05, 0.1) is 34.8 Å². The van der Waals surface area contributed by atoms with Gasteiger partial charge in [0.15, 0.2) is 5.69 Å². The monoisotopic (exact) mass is 453 g/mol. The summed E-state index contributed by atoms with van der Waals surface area (Å²) in [5.74, 6) is 0.0774. The van der Waals surface area contributed by atoms with E-state index in [1.54, 1.807) is 29.2 Å². The zero-order chi connectivity index (χ0) is 21.5. The molecule has 1 aliphatic heterocycles. The Hall–Kier alpha value is -3.57. The van der Waals surface area contributed by atoms with Crippen molar-refractivity contribution in [1.29, 1.82) is 0 Å². The molecule has 0 unspecified atom stereocenters. The molecule has 166 valence electrons. The minimum atomic E-state index is -0.417. The third-order valence-corrected chi connectivity index (χ3v) is 5.42. The van der Waals surface area contributed by atoms with Crippen LogP contribution in [0.1, 0.15) is 16.9 Å². The molecule has 32 heavy (non-hydrogen) atoms. The number of fused-ring (bicyclic) bond motifs is 1. The molecule has 1 saturated heterocycles. The van der Waals surface area contributed by atoms with Crippen LogP contribution in [-0.4, -0.2) is 50.0 Å². The van der Waals surface area contributed by atoms with Crippen molar-refractivity contribution < 1.29 is 14.3 Å². The summed E-state index contributed by atoms with van der Waals surface area (Å²) in [4.78, 5) is 23.3. The summed E-state index contributed by atoms with van der Waals surface area (Å²) in [7, 11) is 1.84. The lowest BCUT2D eigenvalue weighted by Gasteiger charge is -2.22. The van der Waals surface area contributed by atoms with Crippen molar-refractivity contribution in [2.45, 2.75) is 12.5 Å². The lowest BCUT2D eigenvalue weighted by Crippen LogP contribution is -2.23. The number of aromatic nitrogens is 4. The SMILES string of the molecule is Cn1ncc2cc(N3CC[C@H](O)C3)c(NC(=O)c3coc(-c4cccnc4N)n3)cc21.S. The molecule has 1 atom stereocenters. The number of carbonyl (C=O) groups is 1. The second-order valence-electron chi connectivity index (χ2n) is 7.51. The van der Waals surface area contributed by atoms with E-state index in [2.05, 4.69) is 25.3 Å². The number of nitrogen functional groups attached to an aromatic ring is 1. The Morgan fingerprint density at radius 1 is 1.38 bits per heavy atom. The molecule has 1 amide bonds. The quantitative estimate of drug-likeness (QED) is 0.428. The van der Waals surface area contributed by atoms with Gasteiger partial charge in [-0.1, -0.05) is 0 Å². The van der Waals surface area contributed by atoms with E-state index in [0.29, 0.717) is 30.8 Å². The number of nitrogens with zero attached hydrogens (tertiary/aromatic N) is 5. The van der Waals surface area contributed by atoms with Gasteiger partial charge in [0.1, 0.15) is 12.1 Å². The summed E-state index contributed by atoms with van der Waals surface area (Å²) in [6.45, 7) is 1.20. The molecular formula is C21H23N7O3S. The maximum atomic E-state index is 13.0. The average molecular weight is 454 g/mol. The van der Waals surface area contributed by atoms with E-state index < -0.39 is 12.0 Å². The van der Waals surface area contributed by atoms with Gasteiger partial charge in [-0.25, -0.2) is 9.97 Å². The maximum absolute atomic E-state index is 13.0. The molecule has 0 radical (unpaired) electrons. The predicted molar refractivity (Wildman–Crippen MR) is 126 cm³/mol.